The minimum Gasteiger partial charge on any atom is -0.497 e. The molecule has 0 radical (unpaired) electrons. The number of methoxy groups -OCH3 is 3. The van der Waals surface area contributed by atoms with E-state index in [2.05, 4.69) is 29.2 Å². The number of rotatable bonds is 11. The van der Waals surface area contributed by atoms with Gasteiger partial charge in [-0.2, -0.15) is 0 Å². The lowest BCUT2D eigenvalue weighted by molar-refractivity contribution is -0.159. The van der Waals surface area contributed by atoms with E-state index < -0.39 is 17.9 Å². The lowest BCUT2D eigenvalue weighted by Crippen LogP contribution is -2.35. The first-order valence-corrected chi connectivity index (χ1v) is 11.2. The second-order valence-electron chi connectivity index (χ2n) is 8.00. The van der Waals surface area contributed by atoms with Crippen molar-refractivity contribution in [2.24, 2.45) is 5.92 Å². The number of hydrogen-bond acceptors (Lipinski definition) is 6. The van der Waals surface area contributed by atoms with Crippen LogP contribution in [0.15, 0.2) is 84.9 Å². The zero-order valence-electron chi connectivity index (χ0n) is 19.8. The Bertz CT molecular complexity index is 980. The summed E-state index contributed by atoms with van der Waals surface area (Å²) in [7, 11) is 4.19. The lowest BCUT2D eigenvalue weighted by Gasteiger charge is -2.34. The Hall–Kier alpha value is -3.64. The first-order valence-electron chi connectivity index (χ1n) is 11.2. The molecule has 34 heavy (non-hydrogen) atoms. The predicted molar refractivity (Wildman–Crippen MR) is 130 cm³/mol. The van der Waals surface area contributed by atoms with E-state index in [1.807, 2.05) is 60.7 Å². The summed E-state index contributed by atoms with van der Waals surface area (Å²) < 4.78 is 15.2. The standard InChI is InChI=1S/C28H31NO5/c1-32-24-16-14-23(15-17-24)26(18-25(27(30)33-2)28(31)34-3)29(19-21-10-6-4-7-11-21)20-22-12-8-5-9-13-22/h4-17,25-26H,18-20H2,1-3H3/t26-/m1/s1. The van der Waals surface area contributed by atoms with E-state index in [1.165, 1.54) is 14.2 Å². The van der Waals surface area contributed by atoms with Crippen molar-refractivity contribution in [3.63, 3.8) is 0 Å². The van der Waals surface area contributed by atoms with E-state index in [0.29, 0.717) is 13.1 Å². The molecule has 0 N–H and O–H groups in total. The first-order chi connectivity index (χ1) is 16.5. The van der Waals surface area contributed by atoms with Gasteiger partial charge in [0.15, 0.2) is 5.92 Å². The summed E-state index contributed by atoms with van der Waals surface area (Å²) in [6.07, 6.45) is 0.214. The summed E-state index contributed by atoms with van der Waals surface area (Å²) in [6.45, 7) is 1.25. The van der Waals surface area contributed by atoms with Crippen molar-refractivity contribution in [3.05, 3.63) is 102 Å². The Labute approximate surface area is 201 Å². The molecule has 3 aromatic rings. The third-order valence-electron chi connectivity index (χ3n) is 5.83. The van der Waals surface area contributed by atoms with Gasteiger partial charge in [-0.25, -0.2) is 0 Å². The molecule has 6 heteroatoms. The third kappa shape index (κ3) is 6.68. The number of benzene rings is 3. The van der Waals surface area contributed by atoms with E-state index in [9.17, 15) is 9.59 Å². The van der Waals surface area contributed by atoms with Gasteiger partial charge >= 0.3 is 11.9 Å². The van der Waals surface area contributed by atoms with Crippen LogP contribution in [-0.2, 0) is 32.2 Å². The number of carbonyl (C=O) groups is 2. The van der Waals surface area contributed by atoms with Gasteiger partial charge in [-0.3, -0.25) is 14.5 Å². The molecule has 0 spiro atoms. The smallest absolute Gasteiger partial charge is 0.320 e. The Morgan fingerprint density at radius 2 is 1.18 bits per heavy atom. The molecular weight excluding hydrogens is 430 g/mol. The van der Waals surface area contributed by atoms with Crippen molar-refractivity contribution in [1.29, 1.82) is 0 Å². The van der Waals surface area contributed by atoms with Crippen LogP contribution in [0.1, 0.15) is 29.2 Å². The summed E-state index contributed by atoms with van der Waals surface area (Å²) >= 11 is 0. The molecule has 0 bridgehead atoms. The van der Waals surface area contributed by atoms with Crippen molar-refractivity contribution >= 4 is 11.9 Å². The van der Waals surface area contributed by atoms with Gasteiger partial charge in [0.2, 0.25) is 0 Å². The van der Waals surface area contributed by atoms with Crippen LogP contribution in [0.3, 0.4) is 0 Å². The summed E-state index contributed by atoms with van der Waals surface area (Å²) in [4.78, 5) is 27.4. The number of esters is 2. The Kier molecular flexibility index (Phi) is 9.23. The molecule has 0 aliphatic rings. The third-order valence-corrected chi connectivity index (χ3v) is 5.83. The molecule has 0 aliphatic carbocycles. The fraction of sp³-hybridized carbons (Fsp3) is 0.286. The van der Waals surface area contributed by atoms with Gasteiger partial charge in [0, 0.05) is 19.1 Å². The van der Waals surface area contributed by atoms with E-state index in [0.717, 1.165) is 22.4 Å². The molecule has 0 amide bonds. The summed E-state index contributed by atoms with van der Waals surface area (Å²) in [6, 6.07) is 27.7. The van der Waals surface area contributed by atoms with E-state index in [-0.39, 0.29) is 12.5 Å². The van der Waals surface area contributed by atoms with Crippen LogP contribution < -0.4 is 4.74 Å². The highest BCUT2D eigenvalue weighted by molar-refractivity contribution is 5.94. The average molecular weight is 462 g/mol. The minimum atomic E-state index is -1.05. The quantitative estimate of drug-likeness (QED) is 0.302. The van der Waals surface area contributed by atoms with E-state index >= 15 is 0 Å². The Morgan fingerprint density at radius 3 is 1.59 bits per heavy atom. The van der Waals surface area contributed by atoms with E-state index in [1.54, 1.807) is 7.11 Å². The average Bonchev–Trinajstić information content (AvgIpc) is 2.89. The molecule has 0 aliphatic heterocycles. The maximum absolute atomic E-state index is 12.6. The number of hydrogen-bond donors (Lipinski definition) is 0. The maximum Gasteiger partial charge on any atom is 0.320 e. The summed E-state index contributed by atoms with van der Waals surface area (Å²) in [5, 5.41) is 0. The van der Waals surface area contributed by atoms with Crippen LogP contribution in [-0.4, -0.2) is 38.2 Å². The van der Waals surface area contributed by atoms with Gasteiger partial charge in [-0.05, 0) is 35.2 Å². The molecule has 0 fully saturated rings. The molecule has 3 aromatic carbocycles. The molecule has 1 atom stereocenters. The van der Waals surface area contributed by atoms with Crippen LogP contribution in [0.2, 0.25) is 0 Å². The highest BCUT2D eigenvalue weighted by Crippen LogP contribution is 2.33. The SMILES string of the molecule is COC(=O)C(C[C@H](c1ccc(OC)cc1)N(Cc1ccccc1)Cc1ccccc1)C(=O)OC. The number of carbonyl (C=O) groups excluding carboxylic acids is 2. The van der Waals surface area contributed by atoms with Gasteiger partial charge in [0.1, 0.15) is 5.75 Å². The number of nitrogens with zero attached hydrogens (tertiary/aromatic N) is 1. The minimum absolute atomic E-state index is 0.214. The van der Waals surface area contributed by atoms with Crippen molar-refractivity contribution in [2.45, 2.75) is 25.6 Å². The Morgan fingerprint density at radius 1 is 0.706 bits per heavy atom. The van der Waals surface area contributed by atoms with Crippen LogP contribution >= 0.6 is 0 Å². The maximum atomic E-state index is 12.6. The van der Waals surface area contributed by atoms with Gasteiger partial charge in [-0.15, -0.1) is 0 Å². The van der Waals surface area contributed by atoms with Gasteiger partial charge in [0.05, 0.1) is 21.3 Å². The van der Waals surface area contributed by atoms with Crippen LogP contribution in [0, 0.1) is 5.92 Å². The Balaban J connectivity index is 2.04. The molecule has 0 heterocycles. The highest BCUT2D eigenvalue weighted by Gasteiger charge is 2.34. The fourth-order valence-corrected chi connectivity index (χ4v) is 4.03. The largest absolute Gasteiger partial charge is 0.497 e. The molecule has 178 valence electrons. The lowest BCUT2D eigenvalue weighted by atomic mass is 9.92. The topological polar surface area (TPSA) is 65.1 Å². The van der Waals surface area contributed by atoms with Crippen LogP contribution in [0.5, 0.6) is 5.75 Å². The van der Waals surface area contributed by atoms with Crippen molar-refractivity contribution in [3.8, 4) is 5.75 Å². The zero-order chi connectivity index (χ0) is 24.3. The monoisotopic (exact) mass is 461 g/mol. The van der Waals surface area contributed by atoms with E-state index in [4.69, 9.17) is 14.2 Å². The normalized spacial score (nSPS) is 11.8. The predicted octanol–water partition coefficient (Wildman–Crippen LogP) is 4.79. The van der Waals surface area contributed by atoms with Crippen LogP contribution in [0.4, 0.5) is 0 Å². The molecule has 6 nitrogen and oxygen atoms in total. The van der Waals surface area contributed by atoms with Crippen molar-refractivity contribution in [2.75, 3.05) is 21.3 Å². The fourth-order valence-electron chi connectivity index (χ4n) is 4.03. The number of ether oxygens (including phenoxy) is 3. The first kappa shape index (κ1) is 25.0. The van der Waals surface area contributed by atoms with Gasteiger partial charge < -0.3 is 14.2 Å². The van der Waals surface area contributed by atoms with Crippen LogP contribution in [0.25, 0.3) is 0 Å². The zero-order valence-corrected chi connectivity index (χ0v) is 19.8. The van der Waals surface area contributed by atoms with Crippen molar-refractivity contribution < 1.29 is 23.8 Å². The molecule has 0 aromatic heterocycles. The second kappa shape index (κ2) is 12.6. The highest BCUT2D eigenvalue weighted by atomic mass is 16.5. The van der Waals surface area contributed by atoms with Crippen molar-refractivity contribution in [1.82, 2.24) is 4.90 Å². The molecule has 3 rings (SSSR count). The summed E-state index contributed by atoms with van der Waals surface area (Å²) in [5.74, 6) is -1.52. The molecule has 0 saturated heterocycles. The van der Waals surface area contributed by atoms with Gasteiger partial charge in [0.25, 0.3) is 0 Å². The molecule has 0 unspecified atom stereocenters. The second-order valence-corrected chi connectivity index (χ2v) is 8.00. The molecular formula is C28H31NO5. The molecule has 0 saturated carbocycles. The van der Waals surface area contributed by atoms with Gasteiger partial charge in [-0.1, -0.05) is 72.8 Å². The summed E-state index contributed by atoms with van der Waals surface area (Å²) in [5.41, 5.74) is 3.22.